The van der Waals surface area contributed by atoms with Crippen molar-refractivity contribution in [3.8, 4) is 5.75 Å². The number of para-hydroxylation sites is 1. The molecule has 3 rings (SSSR count). The summed E-state index contributed by atoms with van der Waals surface area (Å²) in [6.07, 6.45) is 1.09. The van der Waals surface area contributed by atoms with Crippen molar-refractivity contribution in [3.63, 3.8) is 0 Å². The van der Waals surface area contributed by atoms with E-state index < -0.39 is 0 Å². The Kier molecular flexibility index (Phi) is 6.35. The van der Waals surface area contributed by atoms with E-state index in [4.69, 9.17) is 4.74 Å². The molecule has 1 N–H and O–H groups in total. The maximum absolute atomic E-state index is 12.4. The van der Waals surface area contributed by atoms with Crippen LogP contribution in [-0.4, -0.2) is 51.1 Å². The second kappa shape index (κ2) is 8.91. The first-order chi connectivity index (χ1) is 13.1. The van der Waals surface area contributed by atoms with Crippen LogP contribution in [0.2, 0.25) is 0 Å². The minimum Gasteiger partial charge on any atom is -0.496 e. The lowest BCUT2D eigenvalue weighted by molar-refractivity contribution is -0.116. The first-order valence-electron chi connectivity index (χ1n) is 9.52. The van der Waals surface area contributed by atoms with Gasteiger partial charge in [0.1, 0.15) is 5.75 Å². The van der Waals surface area contributed by atoms with E-state index in [-0.39, 0.29) is 5.91 Å². The highest BCUT2D eigenvalue weighted by molar-refractivity contribution is 5.92. The Morgan fingerprint density at radius 3 is 2.56 bits per heavy atom. The molecule has 1 saturated heterocycles. The fourth-order valence-corrected chi connectivity index (χ4v) is 3.42. The van der Waals surface area contributed by atoms with E-state index in [0.29, 0.717) is 12.8 Å². The zero-order chi connectivity index (χ0) is 19.2. The standard InChI is InChI=1S/C22H29N3O2/c1-17-16-19(25-14-12-24(2)13-15-25)9-10-20(17)23-22(26)11-8-18-6-4-5-7-21(18)27-3/h4-7,9-10,16H,8,11-15H2,1-3H3,(H,23,26). The Balaban J connectivity index is 1.57. The van der Waals surface area contributed by atoms with Gasteiger partial charge < -0.3 is 19.9 Å². The number of hydrogen-bond donors (Lipinski definition) is 1. The Morgan fingerprint density at radius 1 is 1.11 bits per heavy atom. The van der Waals surface area contributed by atoms with Crippen LogP contribution in [0.25, 0.3) is 0 Å². The molecule has 1 heterocycles. The summed E-state index contributed by atoms with van der Waals surface area (Å²) in [5.74, 6) is 0.856. The minimum absolute atomic E-state index is 0.0244. The lowest BCUT2D eigenvalue weighted by atomic mass is 10.1. The average molecular weight is 367 g/mol. The van der Waals surface area contributed by atoms with Crippen LogP contribution in [0.1, 0.15) is 17.5 Å². The zero-order valence-electron chi connectivity index (χ0n) is 16.5. The molecule has 5 nitrogen and oxygen atoms in total. The van der Waals surface area contributed by atoms with Crippen molar-refractivity contribution in [2.24, 2.45) is 0 Å². The van der Waals surface area contributed by atoms with Crippen molar-refractivity contribution < 1.29 is 9.53 Å². The highest BCUT2D eigenvalue weighted by Gasteiger charge is 2.15. The predicted molar refractivity (Wildman–Crippen MR) is 111 cm³/mol. The molecule has 0 aliphatic carbocycles. The van der Waals surface area contributed by atoms with E-state index in [9.17, 15) is 4.79 Å². The summed E-state index contributed by atoms with van der Waals surface area (Å²) in [6, 6.07) is 14.1. The zero-order valence-corrected chi connectivity index (χ0v) is 16.5. The van der Waals surface area contributed by atoms with Gasteiger partial charge in [0, 0.05) is 44.0 Å². The molecule has 1 amide bonds. The number of aryl methyl sites for hydroxylation is 2. The molecule has 0 bridgehead atoms. The second-order valence-electron chi connectivity index (χ2n) is 7.15. The number of anilines is 2. The predicted octanol–water partition coefficient (Wildman–Crippen LogP) is 3.33. The molecule has 1 aliphatic rings. The number of nitrogens with zero attached hydrogens (tertiary/aromatic N) is 2. The van der Waals surface area contributed by atoms with E-state index >= 15 is 0 Å². The van der Waals surface area contributed by atoms with Gasteiger partial charge in [-0.25, -0.2) is 0 Å². The van der Waals surface area contributed by atoms with E-state index in [2.05, 4.69) is 41.2 Å². The first kappa shape index (κ1) is 19.2. The summed E-state index contributed by atoms with van der Waals surface area (Å²) < 4.78 is 5.35. The fourth-order valence-electron chi connectivity index (χ4n) is 3.42. The molecule has 0 aromatic heterocycles. The largest absolute Gasteiger partial charge is 0.496 e. The molecule has 144 valence electrons. The van der Waals surface area contributed by atoms with Gasteiger partial charge in [0.2, 0.25) is 5.91 Å². The molecule has 2 aromatic rings. The number of ether oxygens (including phenoxy) is 1. The Morgan fingerprint density at radius 2 is 1.85 bits per heavy atom. The number of benzene rings is 2. The third-order valence-corrected chi connectivity index (χ3v) is 5.17. The van der Waals surface area contributed by atoms with Crippen LogP contribution in [0.5, 0.6) is 5.75 Å². The van der Waals surface area contributed by atoms with Crippen LogP contribution in [0.15, 0.2) is 42.5 Å². The molecule has 5 heteroatoms. The third kappa shape index (κ3) is 5.01. The van der Waals surface area contributed by atoms with Crippen molar-refractivity contribution in [3.05, 3.63) is 53.6 Å². The summed E-state index contributed by atoms with van der Waals surface area (Å²) in [4.78, 5) is 17.1. The van der Waals surface area contributed by atoms with Crippen LogP contribution in [-0.2, 0) is 11.2 Å². The van der Waals surface area contributed by atoms with Crippen LogP contribution in [0.3, 0.4) is 0 Å². The summed E-state index contributed by atoms with van der Waals surface area (Å²) in [6.45, 7) is 6.30. The smallest absolute Gasteiger partial charge is 0.224 e. The molecule has 2 aromatic carbocycles. The van der Waals surface area contributed by atoms with Gasteiger partial charge in [0.25, 0.3) is 0 Å². The Labute approximate surface area is 161 Å². The minimum atomic E-state index is 0.0244. The van der Waals surface area contributed by atoms with E-state index in [1.165, 1.54) is 5.69 Å². The number of carbonyl (C=O) groups excluding carboxylic acids is 1. The number of likely N-dealkylation sites (N-methyl/N-ethyl adjacent to an activating group) is 1. The Hall–Kier alpha value is -2.53. The number of carbonyl (C=O) groups is 1. The van der Waals surface area contributed by atoms with E-state index in [1.807, 2.05) is 30.3 Å². The molecule has 27 heavy (non-hydrogen) atoms. The monoisotopic (exact) mass is 367 g/mol. The number of methoxy groups -OCH3 is 1. The SMILES string of the molecule is COc1ccccc1CCC(=O)Nc1ccc(N2CCN(C)CC2)cc1C. The number of amides is 1. The fraction of sp³-hybridized carbons (Fsp3) is 0.409. The van der Waals surface area contributed by atoms with Crippen molar-refractivity contribution in [2.45, 2.75) is 19.8 Å². The highest BCUT2D eigenvalue weighted by atomic mass is 16.5. The van der Waals surface area contributed by atoms with Crippen molar-refractivity contribution in [1.29, 1.82) is 0 Å². The van der Waals surface area contributed by atoms with Gasteiger partial charge in [-0.15, -0.1) is 0 Å². The molecule has 0 saturated carbocycles. The second-order valence-corrected chi connectivity index (χ2v) is 7.15. The topological polar surface area (TPSA) is 44.8 Å². The van der Waals surface area contributed by atoms with E-state index in [0.717, 1.165) is 48.7 Å². The van der Waals surface area contributed by atoms with Gasteiger partial charge in [-0.05, 0) is 55.8 Å². The summed E-state index contributed by atoms with van der Waals surface area (Å²) >= 11 is 0. The van der Waals surface area contributed by atoms with Gasteiger partial charge >= 0.3 is 0 Å². The summed E-state index contributed by atoms with van der Waals surface area (Å²) in [5, 5.41) is 3.05. The number of piperazine rings is 1. The van der Waals surface area contributed by atoms with Crippen molar-refractivity contribution in [1.82, 2.24) is 4.90 Å². The van der Waals surface area contributed by atoms with Gasteiger partial charge in [-0.2, -0.15) is 0 Å². The lowest BCUT2D eigenvalue weighted by Gasteiger charge is -2.34. The average Bonchev–Trinajstić information content (AvgIpc) is 2.69. The number of hydrogen-bond acceptors (Lipinski definition) is 4. The highest BCUT2D eigenvalue weighted by Crippen LogP contribution is 2.24. The van der Waals surface area contributed by atoms with Crippen LogP contribution in [0.4, 0.5) is 11.4 Å². The molecule has 0 radical (unpaired) electrons. The molecular formula is C22H29N3O2. The van der Waals surface area contributed by atoms with Gasteiger partial charge in [-0.3, -0.25) is 4.79 Å². The molecule has 0 atom stereocenters. The van der Waals surface area contributed by atoms with Crippen molar-refractivity contribution >= 4 is 17.3 Å². The molecule has 0 unspecified atom stereocenters. The van der Waals surface area contributed by atoms with Gasteiger partial charge in [-0.1, -0.05) is 18.2 Å². The third-order valence-electron chi connectivity index (χ3n) is 5.17. The molecule has 1 fully saturated rings. The van der Waals surface area contributed by atoms with Crippen LogP contribution in [0, 0.1) is 6.92 Å². The molecule has 0 spiro atoms. The van der Waals surface area contributed by atoms with E-state index in [1.54, 1.807) is 7.11 Å². The summed E-state index contributed by atoms with van der Waals surface area (Å²) in [7, 11) is 3.82. The number of nitrogens with one attached hydrogen (secondary N) is 1. The van der Waals surface area contributed by atoms with Crippen molar-refractivity contribution in [2.75, 3.05) is 50.6 Å². The molecular weight excluding hydrogens is 338 g/mol. The van der Waals surface area contributed by atoms with Gasteiger partial charge in [0.05, 0.1) is 7.11 Å². The number of rotatable bonds is 6. The van der Waals surface area contributed by atoms with Crippen LogP contribution < -0.4 is 15.0 Å². The quantitative estimate of drug-likeness (QED) is 0.851. The van der Waals surface area contributed by atoms with Gasteiger partial charge in [0.15, 0.2) is 0 Å². The maximum atomic E-state index is 12.4. The summed E-state index contributed by atoms with van der Waals surface area (Å²) in [5.41, 5.74) is 4.26. The Bertz CT molecular complexity index is 783. The van der Waals surface area contributed by atoms with Crippen LogP contribution >= 0.6 is 0 Å². The molecule has 1 aliphatic heterocycles. The normalized spacial score (nSPS) is 14.9. The first-order valence-corrected chi connectivity index (χ1v) is 9.52. The maximum Gasteiger partial charge on any atom is 0.224 e. The lowest BCUT2D eigenvalue weighted by Crippen LogP contribution is -2.44.